The van der Waals surface area contributed by atoms with Crippen molar-refractivity contribution in [2.45, 2.75) is 25.3 Å². The number of nitrogens with zero attached hydrogens (tertiary/aromatic N) is 3. The number of likely N-dealkylation sites (tertiary alicyclic amines) is 1. The fourth-order valence-corrected chi connectivity index (χ4v) is 3.29. The van der Waals surface area contributed by atoms with E-state index in [-0.39, 0.29) is 23.4 Å². The molecule has 8 nitrogen and oxygen atoms in total. The lowest BCUT2D eigenvalue weighted by Gasteiger charge is -2.33. The molecule has 1 atom stereocenters. The van der Waals surface area contributed by atoms with Crippen LogP contribution < -0.4 is 5.56 Å². The normalized spacial score (nSPS) is 17.5. The third-order valence-electron chi connectivity index (χ3n) is 4.27. The number of aromatic nitrogens is 3. The number of pyridine rings is 1. The molecule has 25 heavy (non-hydrogen) atoms. The second kappa shape index (κ2) is 7.10. The minimum absolute atomic E-state index is 0.0118. The molecule has 132 valence electrons. The van der Waals surface area contributed by atoms with Crippen LogP contribution in [0.4, 0.5) is 0 Å². The molecule has 0 aliphatic carbocycles. The SMILES string of the molecule is O=C(O)Cn1nccc1[C@@H]1CCCN(C(=O)c2c[nH]c(=O)c(Cl)c2)C1. The number of hydrogen-bond acceptors (Lipinski definition) is 4. The minimum Gasteiger partial charge on any atom is -0.480 e. The highest BCUT2D eigenvalue weighted by atomic mass is 35.5. The van der Waals surface area contributed by atoms with E-state index in [9.17, 15) is 14.4 Å². The lowest BCUT2D eigenvalue weighted by molar-refractivity contribution is -0.137. The number of aliphatic carboxylic acids is 1. The lowest BCUT2D eigenvalue weighted by atomic mass is 9.94. The highest BCUT2D eigenvalue weighted by Gasteiger charge is 2.28. The van der Waals surface area contributed by atoms with E-state index in [0.29, 0.717) is 18.7 Å². The van der Waals surface area contributed by atoms with Crippen LogP contribution in [-0.4, -0.2) is 49.7 Å². The van der Waals surface area contributed by atoms with Crippen LogP contribution in [0.1, 0.15) is 34.8 Å². The van der Waals surface area contributed by atoms with Crippen molar-refractivity contribution in [3.63, 3.8) is 0 Å². The van der Waals surface area contributed by atoms with Gasteiger partial charge in [-0.15, -0.1) is 0 Å². The minimum atomic E-state index is -0.962. The molecule has 1 saturated heterocycles. The standard InChI is InChI=1S/C16H17ClN4O4/c17-12-6-11(7-18-15(12)24)16(25)20-5-1-2-10(8-20)13-3-4-19-21(13)9-14(22)23/h3-4,6-7,10H,1-2,5,8-9H2,(H,18,24)(H,22,23)/t10-/m1/s1. The second-order valence-corrected chi connectivity index (χ2v) is 6.37. The first-order valence-electron chi connectivity index (χ1n) is 7.86. The van der Waals surface area contributed by atoms with Gasteiger partial charge in [0.1, 0.15) is 11.6 Å². The van der Waals surface area contributed by atoms with Gasteiger partial charge in [-0.2, -0.15) is 5.10 Å². The Morgan fingerprint density at radius 1 is 1.44 bits per heavy atom. The third kappa shape index (κ3) is 3.74. The van der Waals surface area contributed by atoms with E-state index in [1.54, 1.807) is 17.2 Å². The van der Waals surface area contributed by atoms with E-state index in [2.05, 4.69) is 10.1 Å². The molecule has 1 fully saturated rings. The van der Waals surface area contributed by atoms with Gasteiger partial charge in [0.15, 0.2) is 0 Å². The van der Waals surface area contributed by atoms with Crippen LogP contribution in [0.25, 0.3) is 0 Å². The Hall–Kier alpha value is -2.61. The molecule has 0 radical (unpaired) electrons. The summed E-state index contributed by atoms with van der Waals surface area (Å²) in [6, 6.07) is 3.15. The van der Waals surface area contributed by atoms with Gasteiger partial charge in [-0.05, 0) is 25.0 Å². The number of halogens is 1. The topological polar surface area (TPSA) is 108 Å². The number of aromatic amines is 1. The van der Waals surface area contributed by atoms with Crippen molar-refractivity contribution >= 4 is 23.5 Å². The number of carboxylic acids is 1. The van der Waals surface area contributed by atoms with E-state index in [1.807, 2.05) is 0 Å². The molecule has 0 aromatic carbocycles. The summed E-state index contributed by atoms with van der Waals surface area (Å²) < 4.78 is 1.46. The molecule has 0 spiro atoms. The molecule has 1 aliphatic rings. The summed E-state index contributed by atoms with van der Waals surface area (Å²) in [5.41, 5.74) is 0.691. The quantitative estimate of drug-likeness (QED) is 0.850. The molecule has 0 unspecified atom stereocenters. The Balaban J connectivity index is 1.78. The van der Waals surface area contributed by atoms with Crippen molar-refractivity contribution in [3.8, 4) is 0 Å². The van der Waals surface area contributed by atoms with Gasteiger partial charge < -0.3 is 15.0 Å². The number of carboxylic acid groups (broad SMARTS) is 1. The van der Waals surface area contributed by atoms with Crippen molar-refractivity contribution in [3.05, 3.63) is 51.2 Å². The van der Waals surface area contributed by atoms with Crippen LogP contribution in [0.3, 0.4) is 0 Å². The van der Waals surface area contributed by atoms with Crippen molar-refractivity contribution in [1.29, 1.82) is 0 Å². The van der Waals surface area contributed by atoms with Gasteiger partial charge in [-0.1, -0.05) is 11.6 Å². The van der Waals surface area contributed by atoms with Crippen LogP contribution in [-0.2, 0) is 11.3 Å². The fraction of sp³-hybridized carbons (Fsp3) is 0.375. The number of nitrogens with one attached hydrogen (secondary N) is 1. The zero-order valence-electron chi connectivity index (χ0n) is 13.3. The van der Waals surface area contributed by atoms with Crippen LogP contribution in [0.15, 0.2) is 29.3 Å². The van der Waals surface area contributed by atoms with Crippen molar-refractivity contribution < 1.29 is 14.7 Å². The zero-order valence-corrected chi connectivity index (χ0v) is 14.1. The first-order valence-corrected chi connectivity index (χ1v) is 8.24. The van der Waals surface area contributed by atoms with E-state index >= 15 is 0 Å². The predicted molar refractivity (Wildman–Crippen MR) is 89.8 cm³/mol. The molecule has 0 saturated carbocycles. The molecule has 9 heteroatoms. The van der Waals surface area contributed by atoms with Crippen LogP contribution >= 0.6 is 11.6 Å². The summed E-state index contributed by atoms with van der Waals surface area (Å²) in [6.45, 7) is 0.850. The maximum atomic E-state index is 12.7. The number of hydrogen-bond donors (Lipinski definition) is 2. The molecule has 0 bridgehead atoms. The highest BCUT2D eigenvalue weighted by Crippen LogP contribution is 2.27. The van der Waals surface area contributed by atoms with Crippen molar-refractivity contribution in [2.24, 2.45) is 0 Å². The van der Waals surface area contributed by atoms with Gasteiger partial charge in [0.2, 0.25) is 0 Å². The lowest BCUT2D eigenvalue weighted by Crippen LogP contribution is -2.40. The Labute approximate surface area is 148 Å². The number of amides is 1. The summed E-state index contributed by atoms with van der Waals surface area (Å²) in [6.07, 6.45) is 4.57. The monoisotopic (exact) mass is 364 g/mol. The number of carbonyl (C=O) groups is 2. The number of carbonyl (C=O) groups excluding carboxylic acids is 1. The molecule has 3 rings (SSSR count). The molecular weight excluding hydrogens is 348 g/mol. The number of H-pyrrole nitrogens is 1. The van der Waals surface area contributed by atoms with E-state index in [4.69, 9.17) is 16.7 Å². The largest absolute Gasteiger partial charge is 0.480 e. The van der Waals surface area contributed by atoms with Gasteiger partial charge in [0.05, 0.1) is 5.56 Å². The Morgan fingerprint density at radius 2 is 2.24 bits per heavy atom. The average Bonchev–Trinajstić information content (AvgIpc) is 3.04. The Bertz CT molecular complexity index is 860. The second-order valence-electron chi connectivity index (χ2n) is 5.96. The number of piperidine rings is 1. The first-order chi connectivity index (χ1) is 12.0. The van der Waals surface area contributed by atoms with Crippen molar-refractivity contribution in [1.82, 2.24) is 19.7 Å². The Kier molecular flexibility index (Phi) is 4.89. The van der Waals surface area contributed by atoms with Crippen LogP contribution in [0.5, 0.6) is 0 Å². The first kappa shape index (κ1) is 17.2. The zero-order chi connectivity index (χ0) is 18.0. The van der Waals surface area contributed by atoms with Crippen LogP contribution in [0, 0.1) is 0 Å². The maximum Gasteiger partial charge on any atom is 0.325 e. The van der Waals surface area contributed by atoms with Gasteiger partial charge >= 0.3 is 5.97 Å². The van der Waals surface area contributed by atoms with E-state index in [0.717, 1.165) is 18.5 Å². The predicted octanol–water partition coefficient (Wildman–Crippen LogP) is 1.33. The Morgan fingerprint density at radius 3 is 2.96 bits per heavy atom. The third-order valence-corrected chi connectivity index (χ3v) is 4.55. The van der Waals surface area contributed by atoms with E-state index in [1.165, 1.54) is 16.9 Å². The summed E-state index contributed by atoms with van der Waals surface area (Å²) in [4.78, 5) is 39.1. The van der Waals surface area contributed by atoms with Crippen LogP contribution in [0.2, 0.25) is 5.02 Å². The molecule has 1 amide bonds. The fourth-order valence-electron chi connectivity index (χ4n) is 3.11. The molecule has 2 aromatic heterocycles. The van der Waals surface area contributed by atoms with Crippen molar-refractivity contribution in [2.75, 3.05) is 13.1 Å². The van der Waals surface area contributed by atoms with Gasteiger partial charge in [0.25, 0.3) is 11.5 Å². The summed E-state index contributed by atoms with van der Waals surface area (Å²) >= 11 is 5.79. The summed E-state index contributed by atoms with van der Waals surface area (Å²) in [7, 11) is 0. The molecule has 2 aromatic rings. The molecule has 2 N–H and O–H groups in total. The highest BCUT2D eigenvalue weighted by molar-refractivity contribution is 6.30. The molecule has 3 heterocycles. The van der Waals surface area contributed by atoms with Gasteiger partial charge in [-0.25, -0.2) is 0 Å². The summed E-state index contributed by atoms with van der Waals surface area (Å²) in [5.74, 6) is -1.17. The summed E-state index contributed by atoms with van der Waals surface area (Å²) in [5, 5.41) is 13.0. The number of rotatable bonds is 4. The molecular formula is C16H17ClN4O4. The van der Waals surface area contributed by atoms with Gasteiger partial charge in [0, 0.05) is 37.1 Å². The average molecular weight is 365 g/mol. The maximum absolute atomic E-state index is 12.7. The smallest absolute Gasteiger partial charge is 0.325 e. The van der Waals surface area contributed by atoms with E-state index < -0.39 is 11.5 Å². The molecule has 1 aliphatic heterocycles. The van der Waals surface area contributed by atoms with Gasteiger partial charge in [-0.3, -0.25) is 19.1 Å².